The second-order valence-electron chi connectivity index (χ2n) is 7.50. The summed E-state index contributed by atoms with van der Waals surface area (Å²) in [6.07, 6.45) is 6.97. The topological polar surface area (TPSA) is 59.3 Å². The van der Waals surface area contributed by atoms with E-state index in [-0.39, 0.29) is 5.88 Å². The summed E-state index contributed by atoms with van der Waals surface area (Å²) in [6, 6.07) is 17.9. The number of halogens is 1. The van der Waals surface area contributed by atoms with Gasteiger partial charge in [0.15, 0.2) is 5.16 Å². The van der Waals surface area contributed by atoms with E-state index in [0.717, 1.165) is 36.0 Å². The van der Waals surface area contributed by atoms with Gasteiger partial charge in [-0.3, -0.25) is 0 Å². The van der Waals surface area contributed by atoms with Crippen LogP contribution < -0.4 is 5.32 Å². The molecule has 0 aromatic heterocycles. The first-order chi connectivity index (χ1) is 14.0. The summed E-state index contributed by atoms with van der Waals surface area (Å²) in [5.74, 6) is 0.0994. The first-order valence-corrected chi connectivity index (χ1v) is 10.3. The van der Waals surface area contributed by atoms with Gasteiger partial charge < -0.3 is 15.3 Å². The maximum absolute atomic E-state index is 10.4. The van der Waals surface area contributed by atoms with Crippen molar-refractivity contribution in [1.29, 1.82) is 5.26 Å². The molecule has 0 saturated heterocycles. The van der Waals surface area contributed by atoms with Gasteiger partial charge in [-0.2, -0.15) is 5.26 Å². The van der Waals surface area contributed by atoms with Crippen LogP contribution in [0.3, 0.4) is 0 Å². The number of nitrogens with one attached hydrogen (secondary N) is 1. The van der Waals surface area contributed by atoms with E-state index in [2.05, 4.69) is 37.4 Å². The van der Waals surface area contributed by atoms with Crippen molar-refractivity contribution < 1.29 is 5.11 Å². The molecule has 0 amide bonds. The standard InChI is InChI=1S/C24H26ClN3O/c1-3-4-15-24(2)27-22(25)23(29)28(24)17-19-11-9-18(10-12-19)13-14-20-7-5-6-8-21(20)16-26/h5-14,27,29H,3-4,15,17H2,1-2H3. The minimum Gasteiger partial charge on any atom is -0.493 e. The van der Waals surface area contributed by atoms with Crippen LogP contribution in [0.15, 0.2) is 59.6 Å². The third-order valence-corrected chi connectivity index (χ3v) is 5.56. The highest BCUT2D eigenvalue weighted by atomic mass is 35.5. The van der Waals surface area contributed by atoms with Crippen molar-refractivity contribution in [3.05, 3.63) is 81.8 Å². The summed E-state index contributed by atoms with van der Waals surface area (Å²) in [5.41, 5.74) is 3.30. The molecule has 5 heteroatoms. The van der Waals surface area contributed by atoms with Crippen LogP contribution >= 0.6 is 11.6 Å². The van der Waals surface area contributed by atoms with Crippen LogP contribution in [0.1, 0.15) is 55.4 Å². The first-order valence-electron chi connectivity index (χ1n) is 9.87. The molecule has 2 N–H and O–H groups in total. The van der Waals surface area contributed by atoms with Gasteiger partial charge in [0.1, 0.15) is 5.66 Å². The van der Waals surface area contributed by atoms with E-state index in [9.17, 15) is 10.4 Å². The van der Waals surface area contributed by atoms with E-state index in [4.69, 9.17) is 11.6 Å². The molecule has 2 aromatic rings. The van der Waals surface area contributed by atoms with E-state index in [1.807, 2.05) is 53.5 Å². The lowest BCUT2D eigenvalue weighted by Gasteiger charge is -2.37. The third kappa shape index (κ3) is 4.75. The van der Waals surface area contributed by atoms with Crippen LogP contribution in [0.4, 0.5) is 0 Å². The molecule has 3 rings (SSSR count). The molecular weight excluding hydrogens is 382 g/mol. The van der Waals surface area contributed by atoms with Gasteiger partial charge in [0, 0.05) is 6.54 Å². The Hall–Kier alpha value is -2.90. The number of rotatable bonds is 7. The third-order valence-electron chi connectivity index (χ3n) is 5.30. The summed E-state index contributed by atoms with van der Waals surface area (Å²) >= 11 is 6.18. The Balaban J connectivity index is 1.73. The van der Waals surface area contributed by atoms with Gasteiger partial charge in [-0.05, 0) is 42.5 Å². The quantitative estimate of drug-likeness (QED) is 0.439. The Morgan fingerprint density at radius 3 is 2.59 bits per heavy atom. The lowest BCUT2D eigenvalue weighted by atomic mass is 10.0. The SMILES string of the molecule is CCCCC1(C)NC(Cl)=C(O)N1Cc1ccc(C=Cc2ccccc2C#N)cc1. The lowest BCUT2D eigenvalue weighted by Crippen LogP contribution is -2.49. The number of hydrogen-bond donors (Lipinski definition) is 2. The summed E-state index contributed by atoms with van der Waals surface area (Å²) in [6.45, 7) is 4.79. The second-order valence-corrected chi connectivity index (χ2v) is 7.88. The summed E-state index contributed by atoms with van der Waals surface area (Å²) < 4.78 is 0. The van der Waals surface area contributed by atoms with Crippen LogP contribution in [0, 0.1) is 11.3 Å². The maximum Gasteiger partial charge on any atom is 0.225 e. The molecular formula is C24H26ClN3O. The fraction of sp³-hybridized carbons (Fsp3) is 0.292. The Morgan fingerprint density at radius 2 is 1.90 bits per heavy atom. The minimum absolute atomic E-state index is 0.0994. The van der Waals surface area contributed by atoms with Crippen LogP contribution in [0.25, 0.3) is 12.2 Å². The molecule has 4 nitrogen and oxygen atoms in total. The van der Waals surface area contributed by atoms with Crippen molar-refractivity contribution in [2.45, 2.75) is 45.3 Å². The molecule has 29 heavy (non-hydrogen) atoms. The van der Waals surface area contributed by atoms with Crippen molar-refractivity contribution >= 4 is 23.8 Å². The number of aliphatic hydroxyl groups excluding tert-OH is 1. The fourth-order valence-electron chi connectivity index (χ4n) is 3.53. The highest BCUT2D eigenvalue weighted by Crippen LogP contribution is 2.34. The van der Waals surface area contributed by atoms with E-state index < -0.39 is 5.66 Å². The molecule has 0 radical (unpaired) electrons. The first kappa shape index (κ1) is 20.8. The summed E-state index contributed by atoms with van der Waals surface area (Å²) in [7, 11) is 0. The van der Waals surface area contributed by atoms with Gasteiger partial charge in [-0.1, -0.05) is 79.6 Å². The van der Waals surface area contributed by atoms with Gasteiger partial charge in [0.05, 0.1) is 11.6 Å². The Morgan fingerprint density at radius 1 is 1.17 bits per heavy atom. The predicted octanol–water partition coefficient (Wildman–Crippen LogP) is 5.96. The predicted molar refractivity (Wildman–Crippen MR) is 119 cm³/mol. The number of nitrogens with zero attached hydrogens (tertiary/aromatic N) is 2. The van der Waals surface area contributed by atoms with E-state index in [0.29, 0.717) is 17.3 Å². The highest BCUT2D eigenvalue weighted by Gasteiger charge is 2.40. The normalized spacial score (nSPS) is 18.9. The van der Waals surface area contributed by atoms with Crippen LogP contribution in [0.2, 0.25) is 0 Å². The van der Waals surface area contributed by atoms with Crippen LogP contribution in [0.5, 0.6) is 0 Å². The molecule has 1 aliphatic heterocycles. The molecule has 0 fully saturated rings. The molecule has 1 atom stereocenters. The number of aliphatic hydroxyl groups is 1. The molecule has 0 spiro atoms. The van der Waals surface area contributed by atoms with Gasteiger partial charge >= 0.3 is 0 Å². The monoisotopic (exact) mass is 407 g/mol. The smallest absolute Gasteiger partial charge is 0.225 e. The number of hydrogen-bond acceptors (Lipinski definition) is 4. The Bertz CT molecular complexity index is 959. The van der Waals surface area contributed by atoms with Crippen molar-refractivity contribution in [2.75, 3.05) is 0 Å². The molecule has 150 valence electrons. The average Bonchev–Trinajstić information content (AvgIpc) is 2.95. The van der Waals surface area contributed by atoms with E-state index in [1.54, 1.807) is 0 Å². The zero-order chi connectivity index (χ0) is 20.9. The zero-order valence-electron chi connectivity index (χ0n) is 16.8. The van der Waals surface area contributed by atoms with Crippen LogP contribution in [-0.2, 0) is 6.54 Å². The van der Waals surface area contributed by atoms with Crippen molar-refractivity contribution in [3.8, 4) is 6.07 Å². The van der Waals surface area contributed by atoms with E-state index >= 15 is 0 Å². The average molecular weight is 408 g/mol. The second kappa shape index (κ2) is 9.07. The highest BCUT2D eigenvalue weighted by molar-refractivity contribution is 6.29. The molecule has 2 aromatic carbocycles. The van der Waals surface area contributed by atoms with Crippen LogP contribution in [-0.4, -0.2) is 15.7 Å². The Kier molecular flexibility index (Phi) is 6.51. The molecule has 0 aliphatic carbocycles. The van der Waals surface area contributed by atoms with Crippen molar-refractivity contribution in [1.82, 2.24) is 10.2 Å². The minimum atomic E-state index is -0.392. The number of nitriles is 1. The maximum atomic E-state index is 10.4. The molecule has 0 bridgehead atoms. The molecule has 1 unspecified atom stereocenters. The number of unbranched alkanes of at least 4 members (excludes halogenated alkanes) is 1. The summed E-state index contributed by atoms with van der Waals surface area (Å²) in [5, 5.41) is 23.2. The molecule has 1 aliphatic rings. The zero-order valence-corrected chi connectivity index (χ0v) is 17.6. The largest absolute Gasteiger partial charge is 0.493 e. The van der Waals surface area contributed by atoms with Gasteiger partial charge in [0.25, 0.3) is 0 Å². The van der Waals surface area contributed by atoms with E-state index in [1.165, 1.54) is 0 Å². The van der Waals surface area contributed by atoms with Crippen molar-refractivity contribution in [2.24, 2.45) is 0 Å². The molecule has 1 heterocycles. The van der Waals surface area contributed by atoms with Crippen molar-refractivity contribution in [3.63, 3.8) is 0 Å². The van der Waals surface area contributed by atoms with Gasteiger partial charge in [0.2, 0.25) is 5.88 Å². The van der Waals surface area contributed by atoms with Gasteiger partial charge in [-0.15, -0.1) is 0 Å². The molecule has 0 saturated carbocycles. The Labute approximate surface area is 177 Å². The fourth-order valence-corrected chi connectivity index (χ4v) is 3.83. The lowest BCUT2D eigenvalue weighted by molar-refractivity contribution is 0.0773. The summed E-state index contributed by atoms with van der Waals surface area (Å²) in [4.78, 5) is 1.93. The number of benzene rings is 2. The van der Waals surface area contributed by atoms with Gasteiger partial charge in [-0.25, -0.2) is 0 Å².